The highest BCUT2D eigenvalue weighted by Gasteiger charge is 2.11. The van der Waals surface area contributed by atoms with Crippen molar-refractivity contribution in [2.45, 2.75) is 19.4 Å². The monoisotopic (exact) mass is 295 g/mol. The Bertz CT molecular complexity index is 478. The summed E-state index contributed by atoms with van der Waals surface area (Å²) in [5.41, 5.74) is 10.1. The number of hydrogen-bond donors (Lipinski definition) is 1. The molecule has 0 spiro atoms. The second kappa shape index (κ2) is 5.13. The van der Waals surface area contributed by atoms with Crippen LogP contribution in [0.15, 0.2) is 39.5 Å². The molecule has 2 N–H and O–H groups in total. The predicted octanol–water partition coefficient (Wildman–Crippen LogP) is 4.06. The Morgan fingerprint density at radius 1 is 1.31 bits per heavy atom. The zero-order valence-electron chi connectivity index (χ0n) is 9.11. The maximum Gasteiger partial charge on any atom is 0.0347 e. The Kier molecular flexibility index (Phi) is 3.79. The van der Waals surface area contributed by atoms with Crippen LogP contribution < -0.4 is 5.73 Å². The van der Waals surface area contributed by atoms with E-state index in [4.69, 9.17) is 5.73 Å². The quantitative estimate of drug-likeness (QED) is 0.908. The number of halogens is 1. The molecule has 0 bridgehead atoms. The summed E-state index contributed by atoms with van der Waals surface area (Å²) in [6.45, 7) is 2.12. The van der Waals surface area contributed by atoms with Crippen LogP contribution in [0.25, 0.3) is 0 Å². The first-order valence-corrected chi connectivity index (χ1v) is 6.93. The van der Waals surface area contributed by atoms with E-state index in [-0.39, 0.29) is 6.04 Å². The van der Waals surface area contributed by atoms with Gasteiger partial charge in [-0.15, -0.1) is 0 Å². The van der Waals surface area contributed by atoms with E-state index in [9.17, 15) is 0 Å². The third-order valence-electron chi connectivity index (χ3n) is 2.69. The van der Waals surface area contributed by atoms with E-state index < -0.39 is 0 Å². The molecule has 3 heteroatoms. The molecule has 0 amide bonds. The van der Waals surface area contributed by atoms with Crippen LogP contribution in [0.5, 0.6) is 0 Å². The molecule has 0 fully saturated rings. The standard InChI is InChI=1S/C13H14BrNS/c1-9-7-16-8-11(9)13(15)6-10-4-2-3-5-12(10)14/h2-5,7-8,13H,6,15H2,1H3. The van der Waals surface area contributed by atoms with E-state index >= 15 is 0 Å². The van der Waals surface area contributed by atoms with Crippen LogP contribution >= 0.6 is 27.3 Å². The van der Waals surface area contributed by atoms with Crippen LogP contribution in [0.1, 0.15) is 22.7 Å². The average molecular weight is 296 g/mol. The summed E-state index contributed by atoms with van der Waals surface area (Å²) in [5.74, 6) is 0. The van der Waals surface area contributed by atoms with Crippen molar-refractivity contribution in [1.82, 2.24) is 0 Å². The fraction of sp³-hybridized carbons (Fsp3) is 0.231. The van der Waals surface area contributed by atoms with Crippen LogP contribution in [-0.4, -0.2) is 0 Å². The maximum atomic E-state index is 6.23. The molecule has 1 nitrogen and oxygen atoms in total. The molecule has 0 aliphatic carbocycles. The maximum absolute atomic E-state index is 6.23. The molecule has 0 aliphatic rings. The van der Waals surface area contributed by atoms with E-state index in [1.54, 1.807) is 11.3 Å². The topological polar surface area (TPSA) is 26.0 Å². The summed E-state index contributed by atoms with van der Waals surface area (Å²) >= 11 is 5.27. The number of hydrogen-bond acceptors (Lipinski definition) is 2. The summed E-state index contributed by atoms with van der Waals surface area (Å²) in [6, 6.07) is 8.33. The minimum Gasteiger partial charge on any atom is -0.324 e. The van der Waals surface area contributed by atoms with Crippen molar-refractivity contribution in [1.29, 1.82) is 0 Å². The van der Waals surface area contributed by atoms with E-state index in [0.717, 1.165) is 10.9 Å². The molecule has 2 rings (SSSR count). The molecule has 0 aliphatic heterocycles. The lowest BCUT2D eigenvalue weighted by Crippen LogP contribution is -2.13. The van der Waals surface area contributed by atoms with Gasteiger partial charge in [-0.05, 0) is 46.9 Å². The summed E-state index contributed by atoms with van der Waals surface area (Å²) in [4.78, 5) is 0. The molecule has 1 aromatic heterocycles. The Morgan fingerprint density at radius 2 is 2.06 bits per heavy atom. The molecular weight excluding hydrogens is 282 g/mol. The van der Waals surface area contributed by atoms with Gasteiger partial charge in [-0.25, -0.2) is 0 Å². The highest BCUT2D eigenvalue weighted by molar-refractivity contribution is 9.10. The van der Waals surface area contributed by atoms with Crippen molar-refractivity contribution in [2.75, 3.05) is 0 Å². The van der Waals surface area contributed by atoms with Gasteiger partial charge in [0.25, 0.3) is 0 Å². The fourth-order valence-corrected chi connectivity index (χ4v) is 3.12. The molecule has 84 valence electrons. The molecular formula is C13H14BrNS. The predicted molar refractivity (Wildman–Crippen MR) is 73.8 cm³/mol. The largest absolute Gasteiger partial charge is 0.324 e. The third-order valence-corrected chi connectivity index (χ3v) is 4.35. The van der Waals surface area contributed by atoms with Crippen molar-refractivity contribution in [3.63, 3.8) is 0 Å². The Labute approximate surface area is 108 Å². The molecule has 2 aromatic rings. The van der Waals surface area contributed by atoms with Crippen molar-refractivity contribution >= 4 is 27.3 Å². The lowest BCUT2D eigenvalue weighted by Gasteiger charge is -2.12. The van der Waals surface area contributed by atoms with Gasteiger partial charge in [-0.3, -0.25) is 0 Å². The number of thiophene rings is 1. The molecule has 1 unspecified atom stereocenters. The van der Waals surface area contributed by atoms with Crippen LogP contribution in [0.3, 0.4) is 0 Å². The summed E-state index contributed by atoms with van der Waals surface area (Å²) in [5, 5.41) is 4.30. The van der Waals surface area contributed by atoms with Crippen LogP contribution in [0.2, 0.25) is 0 Å². The third kappa shape index (κ3) is 2.54. The van der Waals surface area contributed by atoms with Crippen molar-refractivity contribution in [3.8, 4) is 0 Å². The zero-order chi connectivity index (χ0) is 11.5. The van der Waals surface area contributed by atoms with Crippen LogP contribution in [0.4, 0.5) is 0 Å². The number of benzene rings is 1. The molecule has 16 heavy (non-hydrogen) atoms. The molecule has 0 saturated heterocycles. The van der Waals surface area contributed by atoms with Crippen molar-refractivity contribution < 1.29 is 0 Å². The van der Waals surface area contributed by atoms with Gasteiger partial charge in [0.1, 0.15) is 0 Å². The fourth-order valence-electron chi connectivity index (χ4n) is 1.76. The van der Waals surface area contributed by atoms with Crippen molar-refractivity contribution in [3.05, 3.63) is 56.2 Å². The summed E-state index contributed by atoms with van der Waals surface area (Å²) in [6.07, 6.45) is 0.874. The Hall–Kier alpha value is -0.640. The highest BCUT2D eigenvalue weighted by atomic mass is 79.9. The number of nitrogens with two attached hydrogens (primary N) is 1. The first-order chi connectivity index (χ1) is 7.68. The molecule has 1 heterocycles. The lowest BCUT2D eigenvalue weighted by molar-refractivity contribution is 0.718. The van der Waals surface area contributed by atoms with Gasteiger partial charge in [0.2, 0.25) is 0 Å². The van der Waals surface area contributed by atoms with Crippen LogP contribution in [-0.2, 0) is 6.42 Å². The lowest BCUT2D eigenvalue weighted by atomic mass is 10.00. The molecule has 0 saturated carbocycles. The Morgan fingerprint density at radius 3 is 2.69 bits per heavy atom. The van der Waals surface area contributed by atoms with Gasteiger partial charge in [0.15, 0.2) is 0 Å². The van der Waals surface area contributed by atoms with E-state index in [1.165, 1.54) is 16.7 Å². The molecule has 1 aromatic carbocycles. The average Bonchev–Trinajstić information content (AvgIpc) is 2.68. The zero-order valence-corrected chi connectivity index (χ0v) is 11.5. The van der Waals surface area contributed by atoms with E-state index in [0.29, 0.717) is 0 Å². The molecule has 1 atom stereocenters. The van der Waals surface area contributed by atoms with Gasteiger partial charge in [0, 0.05) is 10.5 Å². The summed E-state index contributed by atoms with van der Waals surface area (Å²) in [7, 11) is 0. The van der Waals surface area contributed by atoms with Gasteiger partial charge >= 0.3 is 0 Å². The number of rotatable bonds is 3. The summed E-state index contributed by atoms with van der Waals surface area (Å²) < 4.78 is 1.14. The van der Waals surface area contributed by atoms with Crippen molar-refractivity contribution in [2.24, 2.45) is 5.73 Å². The van der Waals surface area contributed by atoms with Gasteiger partial charge in [-0.2, -0.15) is 11.3 Å². The minimum absolute atomic E-state index is 0.0879. The Balaban J connectivity index is 2.17. The van der Waals surface area contributed by atoms with Crippen LogP contribution in [0, 0.1) is 6.92 Å². The van der Waals surface area contributed by atoms with Gasteiger partial charge < -0.3 is 5.73 Å². The first-order valence-electron chi connectivity index (χ1n) is 5.20. The number of aryl methyl sites for hydroxylation is 1. The SMILES string of the molecule is Cc1cscc1C(N)Cc1ccccc1Br. The van der Waals surface area contributed by atoms with E-state index in [2.05, 4.69) is 45.7 Å². The smallest absolute Gasteiger partial charge is 0.0347 e. The first kappa shape index (κ1) is 11.8. The second-order valence-corrected chi connectivity index (χ2v) is 5.51. The highest BCUT2D eigenvalue weighted by Crippen LogP contribution is 2.25. The van der Waals surface area contributed by atoms with Gasteiger partial charge in [0.05, 0.1) is 0 Å². The molecule has 0 radical (unpaired) electrons. The minimum atomic E-state index is 0.0879. The van der Waals surface area contributed by atoms with Gasteiger partial charge in [-0.1, -0.05) is 34.1 Å². The normalized spacial score (nSPS) is 12.7. The second-order valence-electron chi connectivity index (χ2n) is 3.91. The van der Waals surface area contributed by atoms with E-state index in [1.807, 2.05) is 12.1 Å².